The number of hydrogen-bond donors (Lipinski definition) is 2. The Morgan fingerprint density at radius 3 is 2.53 bits per heavy atom. The number of carbonyl (C=O) groups is 2. The summed E-state index contributed by atoms with van der Waals surface area (Å²) in [5.74, 6) is -1.78. The van der Waals surface area contributed by atoms with Crippen LogP contribution in [-0.2, 0) is 16.1 Å². The summed E-state index contributed by atoms with van der Waals surface area (Å²) in [6, 6.07) is 17.5. The molecular formula is C28H29Cl2N3O3. The highest BCUT2D eigenvalue weighted by Crippen LogP contribution is 2.22. The number of benzene rings is 3. The normalized spacial score (nSPS) is 14.2. The van der Waals surface area contributed by atoms with Crippen LogP contribution in [0.2, 0.25) is 0 Å². The number of nitrogens with two attached hydrogens (primary N) is 1. The summed E-state index contributed by atoms with van der Waals surface area (Å²) in [4.78, 5) is 29.8. The Labute approximate surface area is 231 Å². The number of pyridine rings is 1. The predicted molar refractivity (Wildman–Crippen MR) is 148 cm³/mol. The second-order valence-corrected chi connectivity index (χ2v) is 7.79. The van der Waals surface area contributed by atoms with Gasteiger partial charge in [-0.3, -0.25) is 9.78 Å². The molecule has 188 valence electrons. The van der Waals surface area contributed by atoms with E-state index in [4.69, 9.17) is 18.7 Å². The molecule has 1 amide bonds. The number of hydrogen-bond acceptors (Lipinski definition) is 5. The Bertz CT molecular complexity index is 1550. The first kappa shape index (κ1) is 20.7. The van der Waals surface area contributed by atoms with Gasteiger partial charge in [0.1, 0.15) is 6.61 Å². The van der Waals surface area contributed by atoms with Gasteiger partial charge in [0.15, 0.2) is 0 Å². The van der Waals surface area contributed by atoms with Crippen molar-refractivity contribution in [3.63, 3.8) is 0 Å². The van der Waals surface area contributed by atoms with E-state index in [-0.39, 0.29) is 60.6 Å². The first-order valence-corrected chi connectivity index (χ1v) is 10.6. The molecule has 4 rings (SSSR count). The average Bonchev–Trinajstić information content (AvgIpc) is 2.91. The molecule has 0 spiro atoms. The molecule has 3 aromatic carbocycles. The Kier molecular flexibility index (Phi) is 7.49. The van der Waals surface area contributed by atoms with Crippen molar-refractivity contribution >= 4 is 53.2 Å². The number of ether oxygens (including phenoxy) is 1. The van der Waals surface area contributed by atoms with Crippen LogP contribution in [0.25, 0.3) is 10.8 Å². The van der Waals surface area contributed by atoms with Crippen molar-refractivity contribution in [2.45, 2.75) is 26.2 Å². The number of nitrogens with zero attached hydrogens (tertiary/aromatic N) is 1. The van der Waals surface area contributed by atoms with Gasteiger partial charge in [0.25, 0.3) is 0 Å². The van der Waals surface area contributed by atoms with E-state index in [1.165, 1.54) is 6.07 Å². The van der Waals surface area contributed by atoms with Crippen LogP contribution in [0.3, 0.4) is 0 Å². The number of aromatic nitrogens is 1. The van der Waals surface area contributed by atoms with Crippen molar-refractivity contribution in [1.82, 2.24) is 4.98 Å². The highest BCUT2D eigenvalue weighted by molar-refractivity contribution is 5.98. The molecule has 1 aromatic heterocycles. The van der Waals surface area contributed by atoms with Crippen molar-refractivity contribution in [2.75, 3.05) is 11.9 Å². The number of aryl methyl sites for hydroxylation is 2. The number of nitrogens with one attached hydrogen (secondary N) is 1. The molecule has 0 aliphatic rings. The number of carbonyl (C=O) groups excluding carboxylic acids is 2. The Balaban J connectivity index is 0.00000308. The third-order valence-corrected chi connectivity index (χ3v) is 5.45. The summed E-state index contributed by atoms with van der Waals surface area (Å²) in [6.45, 7) is -5.32. The molecule has 0 unspecified atom stereocenters. The van der Waals surface area contributed by atoms with E-state index in [1.54, 1.807) is 42.7 Å². The molecule has 3 N–H and O–H groups in total. The maximum atomic E-state index is 13.0. The van der Waals surface area contributed by atoms with Gasteiger partial charge < -0.3 is 15.8 Å². The molecule has 0 radical (unpaired) electrons. The number of amides is 1. The van der Waals surface area contributed by atoms with Crippen molar-refractivity contribution in [3.8, 4) is 0 Å². The second-order valence-electron chi connectivity index (χ2n) is 7.79. The molecule has 36 heavy (non-hydrogen) atoms. The summed E-state index contributed by atoms with van der Waals surface area (Å²) in [6.07, 6.45) is 3.42. The van der Waals surface area contributed by atoms with E-state index >= 15 is 0 Å². The van der Waals surface area contributed by atoms with Gasteiger partial charge in [-0.05, 0) is 60.0 Å². The van der Waals surface area contributed by atoms with E-state index < -0.39 is 25.6 Å². The Morgan fingerprint density at radius 1 is 1.00 bits per heavy atom. The molecule has 6 nitrogen and oxygen atoms in total. The van der Waals surface area contributed by atoms with Crippen LogP contribution in [-0.4, -0.2) is 23.4 Å². The summed E-state index contributed by atoms with van der Waals surface area (Å²) < 4.78 is 51.0. The lowest BCUT2D eigenvalue weighted by Gasteiger charge is -2.16. The van der Waals surface area contributed by atoms with Gasteiger partial charge in [-0.2, -0.15) is 0 Å². The maximum Gasteiger partial charge on any atom is 0.338 e. The third-order valence-electron chi connectivity index (χ3n) is 5.45. The standard InChI is InChI=1S/C28H27N3O3.2ClH/c1-18-3-10-25(19(2)13-18)28(33)34-17-20-4-6-21(7-5-20)26(15-29)27(32)31-24-9-8-23-16-30-12-11-22(23)14-24;;/h3-14,16,26H,15,17,29H2,1-2H3,(H,31,32);2*1H/t26-;;/m1../s1/i1D3,2D3;;. The zero-order valence-electron chi connectivity index (χ0n) is 25.1. The van der Waals surface area contributed by atoms with Gasteiger partial charge in [-0.1, -0.05) is 48.0 Å². The lowest BCUT2D eigenvalue weighted by Crippen LogP contribution is -2.27. The second kappa shape index (κ2) is 13.0. The lowest BCUT2D eigenvalue weighted by molar-refractivity contribution is -0.117. The van der Waals surface area contributed by atoms with Gasteiger partial charge in [0.05, 0.1) is 11.5 Å². The molecule has 0 aliphatic carbocycles. The number of halogens is 2. The van der Waals surface area contributed by atoms with Crippen LogP contribution >= 0.6 is 24.8 Å². The van der Waals surface area contributed by atoms with Crippen molar-refractivity contribution in [3.05, 3.63) is 107 Å². The summed E-state index contributed by atoms with van der Waals surface area (Å²) in [7, 11) is 0. The zero-order chi connectivity index (χ0) is 29.1. The zero-order valence-corrected chi connectivity index (χ0v) is 20.7. The fourth-order valence-electron chi connectivity index (χ4n) is 3.58. The van der Waals surface area contributed by atoms with Crippen molar-refractivity contribution in [2.24, 2.45) is 5.73 Å². The molecule has 0 fully saturated rings. The first-order valence-electron chi connectivity index (χ1n) is 13.6. The highest BCUT2D eigenvalue weighted by Gasteiger charge is 2.19. The van der Waals surface area contributed by atoms with Gasteiger partial charge in [0, 0.05) is 38.2 Å². The summed E-state index contributed by atoms with van der Waals surface area (Å²) in [5, 5.41) is 4.79. The SMILES string of the molecule is Cl.Cl.[2H]C([2H])([2H])c1ccc(C(=O)OCc2ccc([C@@H](CN)C(=O)Nc3ccc4cnccc4c3)cc2)c(C([2H])([2H])[2H])c1. The Morgan fingerprint density at radius 2 is 1.81 bits per heavy atom. The van der Waals surface area contributed by atoms with Crippen LogP contribution in [0.15, 0.2) is 79.1 Å². The molecular weight excluding hydrogens is 497 g/mol. The minimum Gasteiger partial charge on any atom is -0.457 e. The fraction of sp³-hybridized carbons (Fsp3) is 0.179. The van der Waals surface area contributed by atoms with E-state index in [0.29, 0.717) is 16.8 Å². The number of rotatable bonds is 7. The summed E-state index contributed by atoms with van der Waals surface area (Å²) >= 11 is 0. The average molecular weight is 533 g/mol. The molecule has 0 aliphatic heterocycles. The van der Waals surface area contributed by atoms with Crippen LogP contribution < -0.4 is 11.1 Å². The molecule has 0 saturated heterocycles. The first-order chi connectivity index (χ1) is 18.9. The maximum absolute atomic E-state index is 13.0. The van der Waals surface area contributed by atoms with Crippen molar-refractivity contribution in [1.29, 1.82) is 0 Å². The van der Waals surface area contributed by atoms with Gasteiger partial charge in [-0.15, -0.1) is 24.8 Å². The molecule has 1 heterocycles. The van der Waals surface area contributed by atoms with Gasteiger partial charge >= 0.3 is 5.97 Å². The topological polar surface area (TPSA) is 94.3 Å². The third kappa shape index (κ3) is 6.82. The monoisotopic (exact) mass is 531 g/mol. The highest BCUT2D eigenvalue weighted by atomic mass is 35.5. The molecule has 4 aromatic rings. The lowest BCUT2D eigenvalue weighted by atomic mass is 9.97. The van der Waals surface area contributed by atoms with Gasteiger partial charge in [-0.25, -0.2) is 4.79 Å². The van der Waals surface area contributed by atoms with Crippen LogP contribution in [0.5, 0.6) is 0 Å². The van der Waals surface area contributed by atoms with E-state index in [9.17, 15) is 9.59 Å². The largest absolute Gasteiger partial charge is 0.457 e. The van der Waals surface area contributed by atoms with E-state index in [0.717, 1.165) is 22.9 Å². The molecule has 8 heteroatoms. The van der Waals surface area contributed by atoms with Gasteiger partial charge in [0.2, 0.25) is 5.91 Å². The van der Waals surface area contributed by atoms with Crippen LogP contribution in [0.4, 0.5) is 5.69 Å². The minimum absolute atomic E-state index is 0. The fourth-order valence-corrected chi connectivity index (χ4v) is 3.58. The number of esters is 1. The molecule has 0 bridgehead atoms. The van der Waals surface area contributed by atoms with E-state index in [2.05, 4.69) is 10.3 Å². The molecule has 0 saturated carbocycles. The van der Waals surface area contributed by atoms with Crippen molar-refractivity contribution < 1.29 is 22.6 Å². The van der Waals surface area contributed by atoms with Crippen LogP contribution in [0, 0.1) is 13.7 Å². The summed E-state index contributed by atoms with van der Waals surface area (Å²) in [5.41, 5.74) is 7.03. The quantitative estimate of drug-likeness (QED) is 0.297. The predicted octanol–water partition coefficient (Wildman–Crippen LogP) is 5.73. The smallest absolute Gasteiger partial charge is 0.338 e. The van der Waals surface area contributed by atoms with Crippen LogP contribution in [0.1, 0.15) is 46.8 Å². The minimum atomic E-state index is -2.71. The Hall–Kier alpha value is -3.45. The number of fused-ring (bicyclic) bond motifs is 1. The number of anilines is 1. The molecule has 1 atom stereocenters. The van der Waals surface area contributed by atoms with E-state index in [1.807, 2.05) is 18.2 Å².